The van der Waals surface area contributed by atoms with Crippen molar-refractivity contribution < 1.29 is 24.1 Å². The van der Waals surface area contributed by atoms with Crippen LogP contribution in [0.25, 0.3) is 11.0 Å². The van der Waals surface area contributed by atoms with Crippen LogP contribution in [0.1, 0.15) is 26.1 Å². The van der Waals surface area contributed by atoms with Crippen LogP contribution in [0.4, 0.5) is 0 Å². The zero-order valence-corrected chi connectivity index (χ0v) is 16.9. The van der Waals surface area contributed by atoms with Crippen molar-refractivity contribution >= 4 is 16.9 Å². The number of aromatic amines is 1. The van der Waals surface area contributed by atoms with E-state index in [2.05, 4.69) is 29.1 Å². The van der Waals surface area contributed by atoms with E-state index in [1.165, 1.54) is 0 Å². The number of hydrogen-bond acceptors (Lipinski definition) is 6. The Morgan fingerprint density at radius 3 is 2.93 bits per heavy atom. The van der Waals surface area contributed by atoms with Gasteiger partial charge in [-0.25, -0.2) is 4.98 Å². The van der Waals surface area contributed by atoms with Crippen LogP contribution in [0.15, 0.2) is 36.1 Å². The monoisotopic (exact) mass is 403 g/mol. The number of allylic oxidation sites excluding steroid dienone is 1. The van der Waals surface area contributed by atoms with Crippen molar-refractivity contribution in [3.8, 4) is 0 Å². The third kappa shape index (κ3) is 6.03. The van der Waals surface area contributed by atoms with Crippen LogP contribution in [0.2, 0.25) is 0 Å². The molecule has 8 nitrogen and oxygen atoms in total. The van der Waals surface area contributed by atoms with Crippen LogP contribution in [0.3, 0.4) is 0 Å². The molecule has 0 radical (unpaired) electrons. The number of rotatable bonds is 10. The van der Waals surface area contributed by atoms with Gasteiger partial charge >= 0.3 is 0 Å². The number of carbonyl (C=O) groups is 1. The summed E-state index contributed by atoms with van der Waals surface area (Å²) >= 11 is 0. The molecule has 0 bridgehead atoms. The number of amides is 1. The van der Waals surface area contributed by atoms with Gasteiger partial charge in [-0.15, -0.1) is 0 Å². The van der Waals surface area contributed by atoms with Gasteiger partial charge in [0, 0.05) is 6.42 Å². The van der Waals surface area contributed by atoms with Crippen LogP contribution in [-0.4, -0.2) is 53.7 Å². The van der Waals surface area contributed by atoms with Gasteiger partial charge in [-0.2, -0.15) is 0 Å². The minimum Gasteiger partial charge on any atom is -0.459 e. The molecule has 0 saturated heterocycles. The molecule has 8 heteroatoms. The molecule has 2 heterocycles. The Morgan fingerprint density at radius 1 is 1.34 bits per heavy atom. The first-order valence-electron chi connectivity index (χ1n) is 9.97. The molecular formula is C21H29N3O5. The molecule has 0 aliphatic carbocycles. The maximum absolute atomic E-state index is 12.7. The van der Waals surface area contributed by atoms with E-state index >= 15 is 0 Å². The number of nitrogens with zero attached hydrogens (tertiary/aromatic N) is 1. The summed E-state index contributed by atoms with van der Waals surface area (Å²) in [5.41, 5.74) is 1.79. The van der Waals surface area contributed by atoms with Crippen molar-refractivity contribution in [1.82, 2.24) is 15.3 Å². The number of fused-ring (bicyclic) bond motifs is 1. The van der Waals surface area contributed by atoms with Gasteiger partial charge in [-0.3, -0.25) is 4.79 Å². The highest BCUT2D eigenvalue weighted by Crippen LogP contribution is 2.28. The predicted octanol–water partition coefficient (Wildman–Crippen LogP) is 2.11. The summed E-state index contributed by atoms with van der Waals surface area (Å²) in [5, 5.41) is 11.6. The van der Waals surface area contributed by atoms with Gasteiger partial charge in [0.15, 0.2) is 5.76 Å². The zero-order valence-electron chi connectivity index (χ0n) is 16.9. The van der Waals surface area contributed by atoms with E-state index in [1.54, 1.807) is 0 Å². The Labute approximate surface area is 170 Å². The first kappa shape index (κ1) is 21.3. The number of para-hydroxylation sites is 2. The lowest BCUT2D eigenvalue weighted by Gasteiger charge is -2.30. The summed E-state index contributed by atoms with van der Waals surface area (Å²) in [6.45, 7) is 5.46. The number of aliphatic hydroxyl groups is 1. The minimum atomic E-state index is -0.503. The molecule has 3 N–H and O–H groups in total. The molecule has 1 aromatic carbocycles. The molecule has 1 aliphatic rings. The van der Waals surface area contributed by atoms with Crippen LogP contribution < -0.4 is 5.32 Å². The highest BCUT2D eigenvalue weighted by Gasteiger charge is 2.29. The SMILES string of the molecule is CC(C)[C@H]1C=C(C(=O)NCc2nc3ccccc3[nH]2)O[C@@H](OCCOCCO)C1. The second-order valence-electron chi connectivity index (χ2n) is 7.31. The van der Waals surface area contributed by atoms with Gasteiger partial charge in [-0.05, 0) is 30.0 Å². The van der Waals surface area contributed by atoms with E-state index in [0.29, 0.717) is 31.4 Å². The molecule has 29 heavy (non-hydrogen) atoms. The number of H-pyrrole nitrogens is 1. The average Bonchev–Trinajstić information content (AvgIpc) is 3.14. The Kier molecular flexibility index (Phi) is 7.62. The van der Waals surface area contributed by atoms with Gasteiger partial charge in [0.25, 0.3) is 5.91 Å². The first-order valence-corrected chi connectivity index (χ1v) is 9.97. The molecule has 0 saturated carbocycles. The molecule has 3 rings (SSSR count). The summed E-state index contributed by atoms with van der Waals surface area (Å²) in [4.78, 5) is 20.3. The summed E-state index contributed by atoms with van der Waals surface area (Å²) in [7, 11) is 0. The highest BCUT2D eigenvalue weighted by molar-refractivity contribution is 5.91. The Hall–Kier alpha value is -2.42. The zero-order chi connectivity index (χ0) is 20.6. The topological polar surface area (TPSA) is 106 Å². The molecule has 158 valence electrons. The third-order valence-corrected chi connectivity index (χ3v) is 4.79. The number of carbonyl (C=O) groups excluding carboxylic acids is 1. The van der Waals surface area contributed by atoms with Crippen LogP contribution >= 0.6 is 0 Å². The predicted molar refractivity (Wildman–Crippen MR) is 108 cm³/mol. The van der Waals surface area contributed by atoms with E-state index in [0.717, 1.165) is 11.0 Å². The molecule has 2 atom stereocenters. The van der Waals surface area contributed by atoms with E-state index < -0.39 is 6.29 Å². The molecule has 2 aromatic rings. The maximum Gasteiger partial charge on any atom is 0.286 e. The Morgan fingerprint density at radius 2 is 2.17 bits per heavy atom. The fourth-order valence-electron chi connectivity index (χ4n) is 3.16. The van der Waals surface area contributed by atoms with Crippen LogP contribution in [0.5, 0.6) is 0 Å². The minimum absolute atomic E-state index is 0.0202. The largest absolute Gasteiger partial charge is 0.459 e. The number of nitrogens with one attached hydrogen (secondary N) is 2. The standard InChI is InChI=1S/C21H29N3O5/c1-14(2)15-11-18(29-20(12-15)28-10-9-27-8-7-25)21(26)22-13-19-23-16-5-3-4-6-17(16)24-19/h3-6,11,14-15,20,25H,7-10,12-13H2,1-2H3,(H,22,26)(H,23,24)/t15-,20+/m0/s1. The number of ether oxygens (including phenoxy) is 3. The van der Waals surface area contributed by atoms with Crippen LogP contribution in [0, 0.1) is 11.8 Å². The smallest absolute Gasteiger partial charge is 0.286 e. The summed E-state index contributed by atoms with van der Waals surface area (Å²) in [6, 6.07) is 7.72. The number of hydrogen-bond donors (Lipinski definition) is 3. The third-order valence-electron chi connectivity index (χ3n) is 4.79. The van der Waals surface area contributed by atoms with Crippen molar-refractivity contribution in [2.75, 3.05) is 26.4 Å². The van der Waals surface area contributed by atoms with E-state index in [9.17, 15) is 4.79 Å². The Balaban J connectivity index is 1.56. The average molecular weight is 403 g/mol. The summed E-state index contributed by atoms with van der Waals surface area (Å²) < 4.78 is 16.7. The number of aromatic nitrogens is 2. The fraction of sp³-hybridized carbons (Fsp3) is 0.524. The normalized spacial score (nSPS) is 19.2. The van der Waals surface area contributed by atoms with Crippen molar-refractivity contribution in [3.63, 3.8) is 0 Å². The van der Waals surface area contributed by atoms with Gasteiger partial charge in [0.2, 0.25) is 6.29 Å². The first-order chi connectivity index (χ1) is 14.1. The lowest BCUT2D eigenvalue weighted by Crippen LogP contribution is -2.34. The van der Waals surface area contributed by atoms with Crippen molar-refractivity contribution in [3.05, 3.63) is 41.9 Å². The van der Waals surface area contributed by atoms with Crippen molar-refractivity contribution in [2.45, 2.75) is 33.1 Å². The molecule has 0 unspecified atom stereocenters. The molecule has 1 aliphatic heterocycles. The lowest BCUT2D eigenvalue weighted by molar-refractivity contribution is -0.155. The highest BCUT2D eigenvalue weighted by atomic mass is 16.7. The summed E-state index contributed by atoms with van der Waals surface area (Å²) in [6.07, 6.45) is 2.05. The summed E-state index contributed by atoms with van der Waals surface area (Å²) in [5.74, 6) is 1.20. The molecule has 1 amide bonds. The van der Waals surface area contributed by atoms with E-state index in [4.69, 9.17) is 19.3 Å². The van der Waals surface area contributed by atoms with Gasteiger partial charge in [0.05, 0.1) is 44.0 Å². The molecule has 0 fully saturated rings. The maximum atomic E-state index is 12.7. The second-order valence-corrected chi connectivity index (χ2v) is 7.31. The van der Waals surface area contributed by atoms with E-state index in [-0.39, 0.29) is 37.3 Å². The quantitative estimate of drug-likeness (QED) is 0.525. The number of benzene rings is 1. The number of aliphatic hydroxyl groups excluding tert-OH is 1. The van der Waals surface area contributed by atoms with Crippen LogP contribution in [-0.2, 0) is 25.5 Å². The molecular weight excluding hydrogens is 374 g/mol. The molecule has 1 aromatic heterocycles. The number of imidazole rings is 1. The molecule has 0 spiro atoms. The van der Waals surface area contributed by atoms with Crippen molar-refractivity contribution in [2.24, 2.45) is 11.8 Å². The van der Waals surface area contributed by atoms with Gasteiger partial charge in [-0.1, -0.05) is 26.0 Å². The van der Waals surface area contributed by atoms with Crippen molar-refractivity contribution in [1.29, 1.82) is 0 Å². The van der Waals surface area contributed by atoms with Gasteiger partial charge in [0.1, 0.15) is 5.82 Å². The Bertz CT molecular complexity index is 800. The van der Waals surface area contributed by atoms with Gasteiger partial charge < -0.3 is 29.6 Å². The second kappa shape index (κ2) is 10.4. The lowest BCUT2D eigenvalue weighted by atomic mass is 9.90. The van der Waals surface area contributed by atoms with E-state index in [1.807, 2.05) is 30.3 Å². The fourth-order valence-corrected chi connectivity index (χ4v) is 3.16.